The number of carbonyl (C=O) groups is 2. The third-order valence-corrected chi connectivity index (χ3v) is 5.45. The van der Waals surface area contributed by atoms with Crippen LogP contribution in [0, 0.1) is 0 Å². The molecular weight excluding hydrogens is 330 g/mol. The molecular formula is C21H17NO2S. The first-order valence-electron chi connectivity index (χ1n) is 8.25. The van der Waals surface area contributed by atoms with Gasteiger partial charge in [-0.05, 0) is 28.6 Å². The van der Waals surface area contributed by atoms with E-state index >= 15 is 0 Å². The Balaban J connectivity index is 1.63. The van der Waals surface area contributed by atoms with Crippen LogP contribution in [0.2, 0.25) is 0 Å². The van der Waals surface area contributed by atoms with Gasteiger partial charge < -0.3 is 4.90 Å². The van der Waals surface area contributed by atoms with Gasteiger partial charge in [-0.2, -0.15) is 0 Å². The Morgan fingerprint density at radius 3 is 2.48 bits per heavy atom. The minimum absolute atomic E-state index is 0.00922. The third-order valence-electron chi connectivity index (χ3n) is 4.54. The number of hydrogen-bond donors (Lipinski definition) is 0. The first-order chi connectivity index (χ1) is 12.2. The summed E-state index contributed by atoms with van der Waals surface area (Å²) in [5.41, 5.74) is 2.95. The summed E-state index contributed by atoms with van der Waals surface area (Å²) in [7, 11) is 0. The summed E-state index contributed by atoms with van der Waals surface area (Å²) in [5.74, 6) is -0.353. The van der Waals surface area contributed by atoms with Gasteiger partial charge in [0.05, 0.1) is 17.3 Å². The Labute approximate surface area is 150 Å². The monoisotopic (exact) mass is 347 g/mol. The van der Waals surface area contributed by atoms with Gasteiger partial charge in [0, 0.05) is 12.1 Å². The largest absolute Gasteiger partial charge is 0.307 e. The molecule has 0 saturated heterocycles. The first kappa shape index (κ1) is 15.8. The van der Waals surface area contributed by atoms with Crippen LogP contribution in [-0.4, -0.2) is 11.7 Å². The van der Waals surface area contributed by atoms with E-state index in [1.165, 1.54) is 11.3 Å². The summed E-state index contributed by atoms with van der Waals surface area (Å²) >= 11 is 1.43. The number of amides is 1. The van der Waals surface area contributed by atoms with Crippen LogP contribution in [0.3, 0.4) is 0 Å². The summed E-state index contributed by atoms with van der Waals surface area (Å²) in [4.78, 5) is 28.1. The molecule has 2 aromatic carbocycles. The molecule has 0 saturated carbocycles. The summed E-state index contributed by atoms with van der Waals surface area (Å²) in [6.07, 6.45) is 0.224. The number of ketones is 1. The van der Waals surface area contributed by atoms with Gasteiger partial charge >= 0.3 is 0 Å². The molecule has 4 heteroatoms. The molecule has 0 radical (unpaired) electrons. The highest BCUT2D eigenvalue weighted by Crippen LogP contribution is 2.40. The predicted molar refractivity (Wildman–Crippen MR) is 100 cm³/mol. The lowest BCUT2D eigenvalue weighted by Crippen LogP contribution is -2.29. The van der Waals surface area contributed by atoms with Crippen LogP contribution < -0.4 is 4.90 Å². The SMILES string of the molecule is O=C(CC1C(=O)N(Cc2ccccc2)c2ccccc21)c1cccs1. The molecule has 0 spiro atoms. The molecule has 4 rings (SSSR count). The smallest absolute Gasteiger partial charge is 0.235 e. The topological polar surface area (TPSA) is 37.4 Å². The molecule has 2 heterocycles. The molecule has 0 bridgehead atoms. The van der Waals surface area contributed by atoms with E-state index in [-0.39, 0.29) is 18.1 Å². The summed E-state index contributed by atoms with van der Waals surface area (Å²) in [6.45, 7) is 0.528. The standard InChI is InChI=1S/C21H17NO2S/c23-19(20-11-6-12-25-20)13-17-16-9-4-5-10-18(16)22(21(17)24)14-15-7-2-1-3-8-15/h1-12,17H,13-14H2. The second-order valence-electron chi connectivity index (χ2n) is 6.13. The van der Waals surface area contributed by atoms with Crippen molar-refractivity contribution in [2.24, 2.45) is 0 Å². The number of nitrogens with zero attached hydrogens (tertiary/aromatic N) is 1. The van der Waals surface area contributed by atoms with Crippen LogP contribution in [-0.2, 0) is 11.3 Å². The number of Topliss-reactive ketones (excluding diaryl/α,β-unsaturated/α-hetero) is 1. The maximum Gasteiger partial charge on any atom is 0.235 e. The zero-order valence-corrected chi connectivity index (χ0v) is 14.4. The number of rotatable bonds is 5. The summed E-state index contributed by atoms with van der Waals surface area (Å²) in [5, 5.41) is 1.89. The lowest BCUT2D eigenvalue weighted by Gasteiger charge is -2.18. The molecule has 124 valence electrons. The number of benzene rings is 2. The highest BCUT2D eigenvalue weighted by molar-refractivity contribution is 7.12. The Kier molecular flexibility index (Phi) is 4.20. The van der Waals surface area contributed by atoms with Gasteiger partial charge in [-0.3, -0.25) is 9.59 Å². The fraction of sp³-hybridized carbons (Fsp3) is 0.143. The van der Waals surface area contributed by atoms with Crippen molar-refractivity contribution in [2.75, 3.05) is 4.90 Å². The fourth-order valence-electron chi connectivity index (χ4n) is 3.32. The average Bonchev–Trinajstić information content (AvgIpc) is 3.26. The molecule has 1 atom stereocenters. The van der Waals surface area contributed by atoms with Crippen molar-refractivity contribution in [1.82, 2.24) is 0 Å². The van der Waals surface area contributed by atoms with E-state index in [0.29, 0.717) is 11.4 Å². The highest BCUT2D eigenvalue weighted by Gasteiger charge is 2.38. The molecule has 0 aliphatic carbocycles. The van der Waals surface area contributed by atoms with Crippen molar-refractivity contribution in [3.05, 3.63) is 88.1 Å². The molecule has 1 aromatic heterocycles. The maximum atomic E-state index is 13.0. The normalized spacial score (nSPS) is 16.1. The number of carbonyl (C=O) groups excluding carboxylic acids is 2. The van der Waals surface area contributed by atoms with Crippen LogP contribution in [0.5, 0.6) is 0 Å². The second-order valence-corrected chi connectivity index (χ2v) is 7.07. The molecule has 3 aromatic rings. The Morgan fingerprint density at radius 1 is 0.960 bits per heavy atom. The molecule has 25 heavy (non-hydrogen) atoms. The Bertz CT molecular complexity index is 903. The number of para-hydroxylation sites is 1. The number of hydrogen-bond acceptors (Lipinski definition) is 3. The van der Waals surface area contributed by atoms with E-state index in [2.05, 4.69) is 0 Å². The summed E-state index contributed by atoms with van der Waals surface area (Å²) < 4.78 is 0. The third kappa shape index (κ3) is 3.01. The van der Waals surface area contributed by atoms with Crippen molar-refractivity contribution in [3.8, 4) is 0 Å². The minimum atomic E-state index is -0.394. The first-order valence-corrected chi connectivity index (χ1v) is 9.13. The zero-order valence-electron chi connectivity index (χ0n) is 13.6. The van der Waals surface area contributed by atoms with Crippen molar-refractivity contribution < 1.29 is 9.59 Å². The second kappa shape index (κ2) is 6.65. The lowest BCUT2D eigenvalue weighted by atomic mass is 9.95. The van der Waals surface area contributed by atoms with E-state index in [4.69, 9.17) is 0 Å². The van der Waals surface area contributed by atoms with E-state index in [1.807, 2.05) is 72.1 Å². The Hall–Kier alpha value is -2.72. The Morgan fingerprint density at radius 2 is 1.72 bits per heavy atom. The van der Waals surface area contributed by atoms with Gasteiger partial charge in [0.1, 0.15) is 0 Å². The van der Waals surface area contributed by atoms with E-state index in [9.17, 15) is 9.59 Å². The van der Waals surface area contributed by atoms with Crippen LogP contribution >= 0.6 is 11.3 Å². The fourth-order valence-corrected chi connectivity index (χ4v) is 3.99. The van der Waals surface area contributed by atoms with Gasteiger partial charge in [0.25, 0.3) is 0 Å². The highest BCUT2D eigenvalue weighted by atomic mass is 32.1. The van der Waals surface area contributed by atoms with Crippen molar-refractivity contribution in [3.63, 3.8) is 0 Å². The molecule has 0 fully saturated rings. The van der Waals surface area contributed by atoms with Crippen LogP contribution in [0.4, 0.5) is 5.69 Å². The molecule has 1 amide bonds. The van der Waals surface area contributed by atoms with Gasteiger partial charge in [-0.25, -0.2) is 0 Å². The van der Waals surface area contributed by atoms with E-state index < -0.39 is 5.92 Å². The number of thiophene rings is 1. The van der Waals surface area contributed by atoms with E-state index in [1.54, 1.807) is 4.90 Å². The van der Waals surface area contributed by atoms with Gasteiger partial charge in [-0.1, -0.05) is 54.6 Å². The molecule has 1 unspecified atom stereocenters. The van der Waals surface area contributed by atoms with Crippen molar-refractivity contribution >= 4 is 28.7 Å². The minimum Gasteiger partial charge on any atom is -0.307 e. The zero-order chi connectivity index (χ0) is 17.2. The molecule has 0 N–H and O–H groups in total. The van der Waals surface area contributed by atoms with Crippen molar-refractivity contribution in [1.29, 1.82) is 0 Å². The average molecular weight is 347 g/mol. The van der Waals surface area contributed by atoms with Gasteiger partial charge in [0.2, 0.25) is 5.91 Å². The molecule has 3 nitrogen and oxygen atoms in total. The maximum absolute atomic E-state index is 13.0. The van der Waals surface area contributed by atoms with Crippen LogP contribution in [0.15, 0.2) is 72.1 Å². The van der Waals surface area contributed by atoms with Crippen molar-refractivity contribution in [2.45, 2.75) is 18.9 Å². The van der Waals surface area contributed by atoms with Gasteiger partial charge in [-0.15, -0.1) is 11.3 Å². The van der Waals surface area contributed by atoms with Crippen LogP contribution in [0.25, 0.3) is 0 Å². The van der Waals surface area contributed by atoms with Gasteiger partial charge in [0.15, 0.2) is 5.78 Å². The number of fused-ring (bicyclic) bond motifs is 1. The quantitative estimate of drug-likeness (QED) is 0.630. The predicted octanol–water partition coefficient (Wildman–Crippen LogP) is 4.65. The van der Waals surface area contributed by atoms with Crippen LogP contribution in [0.1, 0.15) is 33.1 Å². The number of anilines is 1. The van der Waals surface area contributed by atoms with E-state index in [0.717, 1.165) is 16.8 Å². The summed E-state index contributed by atoms with van der Waals surface area (Å²) in [6, 6.07) is 21.4. The lowest BCUT2D eigenvalue weighted by molar-refractivity contribution is -0.119. The molecule has 1 aliphatic heterocycles. The molecule has 1 aliphatic rings.